The van der Waals surface area contributed by atoms with E-state index in [9.17, 15) is 0 Å². The Hall–Kier alpha value is -0.730. The lowest BCUT2D eigenvalue weighted by Crippen LogP contribution is -1.89. The summed E-state index contributed by atoms with van der Waals surface area (Å²) >= 11 is 5.94. The van der Waals surface area contributed by atoms with Gasteiger partial charge in [0.1, 0.15) is 9.98 Å². The van der Waals surface area contributed by atoms with Crippen molar-refractivity contribution in [3.63, 3.8) is 0 Å². The fourth-order valence-electron chi connectivity index (χ4n) is 0.541. The molecule has 1 atom stereocenters. The predicted molar refractivity (Wildman–Crippen MR) is 45.6 cm³/mol. The molecule has 0 saturated carbocycles. The van der Waals surface area contributed by atoms with Gasteiger partial charge in [-0.05, 0) is 11.8 Å². The van der Waals surface area contributed by atoms with E-state index in [0.29, 0.717) is 5.69 Å². The van der Waals surface area contributed by atoms with Gasteiger partial charge in [-0.1, -0.05) is 12.6 Å². The van der Waals surface area contributed by atoms with Crippen molar-refractivity contribution >= 4 is 24.4 Å². The van der Waals surface area contributed by atoms with E-state index in [-0.39, 0.29) is 4.58 Å². The highest BCUT2D eigenvalue weighted by atomic mass is 32.2. The van der Waals surface area contributed by atoms with Crippen LogP contribution in [0, 0.1) is 10.7 Å². The molecule has 1 heterocycles. The minimum Gasteiger partial charge on any atom is -0.261 e. The third-order valence-electron chi connectivity index (χ3n) is 0.984. The van der Waals surface area contributed by atoms with Crippen LogP contribution in [0.4, 0.5) is 0 Å². The highest BCUT2D eigenvalue weighted by Crippen LogP contribution is 2.28. The second kappa shape index (κ2) is 4.21. The van der Waals surface area contributed by atoms with Gasteiger partial charge in [0.15, 0.2) is 0 Å². The molecule has 0 bridgehead atoms. The minimum atomic E-state index is -0.311. The van der Waals surface area contributed by atoms with Crippen LogP contribution in [0.1, 0.15) is 10.3 Å². The van der Waals surface area contributed by atoms with Gasteiger partial charge < -0.3 is 0 Å². The summed E-state index contributed by atoms with van der Waals surface area (Å²) in [5, 5.41) is 10.2. The van der Waals surface area contributed by atoms with E-state index in [2.05, 4.69) is 9.97 Å². The van der Waals surface area contributed by atoms with Gasteiger partial charge in [0.05, 0.1) is 11.9 Å². The summed E-state index contributed by atoms with van der Waals surface area (Å²) < 4.78 is -0.311. The number of nitriles is 1. The Labute approximate surface area is 74.3 Å². The van der Waals surface area contributed by atoms with Crippen LogP contribution >= 0.6 is 24.4 Å². The van der Waals surface area contributed by atoms with Crippen LogP contribution in [0.3, 0.4) is 0 Å². The molecule has 0 aliphatic rings. The molecule has 55 valence electrons. The molecule has 1 aromatic heterocycles. The first kappa shape index (κ1) is 8.37. The fourth-order valence-corrected chi connectivity index (χ4v) is 1.13. The highest BCUT2D eigenvalue weighted by molar-refractivity contribution is 8.12. The summed E-state index contributed by atoms with van der Waals surface area (Å²) in [7, 11) is 0. The Bertz CT molecular complexity index is 256. The SMILES string of the molecule is N#CSC([S])c1cnccn1. The van der Waals surface area contributed by atoms with Crippen molar-refractivity contribution < 1.29 is 0 Å². The first-order chi connectivity index (χ1) is 5.34. The average Bonchev–Trinajstić information content (AvgIpc) is 2.07. The first-order valence-electron chi connectivity index (χ1n) is 2.81. The summed E-state index contributed by atoms with van der Waals surface area (Å²) in [6, 6.07) is 0. The second-order valence-electron chi connectivity index (χ2n) is 1.67. The number of rotatable bonds is 2. The molecule has 1 radical (unpaired) electrons. The van der Waals surface area contributed by atoms with Crippen molar-refractivity contribution in [2.24, 2.45) is 0 Å². The molecule has 0 spiro atoms. The van der Waals surface area contributed by atoms with Crippen LogP contribution in [0.15, 0.2) is 18.6 Å². The van der Waals surface area contributed by atoms with Crippen molar-refractivity contribution in [3.8, 4) is 5.40 Å². The molecular weight excluding hydrogens is 178 g/mol. The number of thiocyanates is 1. The van der Waals surface area contributed by atoms with E-state index in [1.165, 1.54) is 0 Å². The van der Waals surface area contributed by atoms with Crippen molar-refractivity contribution in [2.45, 2.75) is 4.58 Å². The topological polar surface area (TPSA) is 49.6 Å². The van der Waals surface area contributed by atoms with E-state index >= 15 is 0 Å². The lowest BCUT2D eigenvalue weighted by molar-refractivity contribution is 1.09. The Kier molecular flexibility index (Phi) is 3.20. The Morgan fingerprint density at radius 1 is 1.64 bits per heavy atom. The second-order valence-corrected chi connectivity index (χ2v) is 3.33. The summed E-state index contributed by atoms with van der Waals surface area (Å²) in [5.74, 6) is 0. The predicted octanol–water partition coefficient (Wildman–Crippen LogP) is 1.89. The van der Waals surface area contributed by atoms with Gasteiger partial charge in [-0.25, -0.2) is 0 Å². The van der Waals surface area contributed by atoms with Crippen molar-refractivity contribution in [1.29, 1.82) is 5.26 Å². The molecule has 0 N–H and O–H groups in total. The minimum absolute atomic E-state index is 0.311. The fraction of sp³-hybridized carbons (Fsp3) is 0.167. The maximum Gasteiger partial charge on any atom is 0.134 e. The van der Waals surface area contributed by atoms with E-state index in [1.807, 2.05) is 5.40 Å². The molecule has 1 rings (SSSR count). The molecule has 1 aromatic rings. The molecule has 0 aliphatic heterocycles. The maximum absolute atomic E-state index is 8.30. The largest absolute Gasteiger partial charge is 0.261 e. The van der Waals surface area contributed by atoms with Crippen molar-refractivity contribution in [2.75, 3.05) is 0 Å². The molecule has 11 heavy (non-hydrogen) atoms. The Balaban J connectivity index is 2.70. The number of aromatic nitrogens is 2. The summed E-state index contributed by atoms with van der Waals surface area (Å²) in [5.41, 5.74) is 0.661. The third-order valence-corrected chi connectivity index (χ3v) is 2.08. The van der Waals surface area contributed by atoms with Crippen LogP contribution in [0.25, 0.3) is 0 Å². The first-order valence-corrected chi connectivity index (χ1v) is 4.16. The van der Waals surface area contributed by atoms with Gasteiger partial charge in [0, 0.05) is 12.4 Å². The van der Waals surface area contributed by atoms with Crippen molar-refractivity contribution in [3.05, 3.63) is 24.3 Å². The van der Waals surface area contributed by atoms with Gasteiger partial charge in [-0.3, -0.25) is 9.97 Å². The lowest BCUT2D eigenvalue weighted by Gasteiger charge is -2.00. The zero-order valence-corrected chi connectivity index (χ0v) is 7.10. The zero-order valence-electron chi connectivity index (χ0n) is 5.47. The molecular formula is C6H4N3S2. The zero-order chi connectivity index (χ0) is 8.10. The molecule has 1 unspecified atom stereocenters. The maximum atomic E-state index is 8.30. The average molecular weight is 182 g/mol. The normalized spacial score (nSPS) is 12.0. The van der Waals surface area contributed by atoms with Gasteiger partial charge in [-0.2, -0.15) is 5.26 Å². The number of hydrogen-bond acceptors (Lipinski definition) is 4. The number of nitrogens with zero attached hydrogens (tertiary/aromatic N) is 3. The van der Waals surface area contributed by atoms with Crippen LogP contribution in [0.2, 0.25) is 0 Å². The monoisotopic (exact) mass is 182 g/mol. The molecule has 0 saturated heterocycles. The molecule has 0 aromatic carbocycles. The van der Waals surface area contributed by atoms with Gasteiger partial charge >= 0.3 is 0 Å². The molecule has 3 nitrogen and oxygen atoms in total. The summed E-state index contributed by atoms with van der Waals surface area (Å²) in [6.07, 6.45) is 4.71. The molecule has 0 fully saturated rings. The van der Waals surface area contributed by atoms with Crippen LogP contribution in [-0.4, -0.2) is 9.97 Å². The van der Waals surface area contributed by atoms with Gasteiger partial charge in [0.2, 0.25) is 0 Å². The quantitative estimate of drug-likeness (QED) is 0.655. The van der Waals surface area contributed by atoms with E-state index < -0.39 is 0 Å². The van der Waals surface area contributed by atoms with Gasteiger partial charge in [0.25, 0.3) is 0 Å². The third kappa shape index (κ3) is 2.41. The summed E-state index contributed by atoms with van der Waals surface area (Å²) in [4.78, 5) is 7.79. The van der Waals surface area contributed by atoms with Crippen LogP contribution in [-0.2, 0) is 0 Å². The van der Waals surface area contributed by atoms with Gasteiger partial charge in [-0.15, -0.1) is 0 Å². The standard InChI is InChI=1S/C6H4N3S2/c7-4-11-6(10)5-3-8-1-2-9-5/h1-3,6H. The lowest BCUT2D eigenvalue weighted by atomic mass is 10.5. The van der Waals surface area contributed by atoms with Crippen LogP contribution < -0.4 is 0 Å². The number of thioether (sulfide) groups is 1. The Morgan fingerprint density at radius 2 is 2.45 bits per heavy atom. The molecule has 0 amide bonds. The molecule has 0 aliphatic carbocycles. The van der Waals surface area contributed by atoms with E-state index in [1.54, 1.807) is 18.6 Å². The highest BCUT2D eigenvalue weighted by Gasteiger charge is 2.07. The van der Waals surface area contributed by atoms with E-state index in [0.717, 1.165) is 11.8 Å². The smallest absolute Gasteiger partial charge is 0.134 e. The number of hydrogen-bond donors (Lipinski definition) is 0. The van der Waals surface area contributed by atoms with Crippen molar-refractivity contribution in [1.82, 2.24) is 9.97 Å². The van der Waals surface area contributed by atoms with Crippen LogP contribution in [0.5, 0.6) is 0 Å². The molecule has 5 heteroatoms. The summed E-state index contributed by atoms with van der Waals surface area (Å²) in [6.45, 7) is 0. The van der Waals surface area contributed by atoms with E-state index in [4.69, 9.17) is 17.9 Å². The Morgan fingerprint density at radius 3 is 3.00 bits per heavy atom.